The fraction of sp³-hybridized carbons (Fsp3) is 0.731. The van der Waals surface area contributed by atoms with Gasteiger partial charge in [-0.3, -0.25) is 4.99 Å². The first-order chi connectivity index (χ1) is 13.8. The Bertz CT molecular complexity index is 553. The molecule has 2 fully saturated rings. The summed E-state index contributed by atoms with van der Waals surface area (Å²) in [5.41, 5.74) is 2.92. The molecule has 1 aromatic rings. The van der Waals surface area contributed by atoms with Crippen molar-refractivity contribution in [3.05, 3.63) is 35.4 Å². The molecule has 28 heavy (non-hydrogen) atoms. The zero-order chi connectivity index (χ0) is 19.4. The zero-order valence-electron chi connectivity index (χ0n) is 18.2. The Labute approximate surface area is 173 Å². The van der Waals surface area contributed by atoms with Crippen LogP contribution in [0.25, 0.3) is 0 Å². The van der Waals surface area contributed by atoms with Gasteiger partial charge in [-0.25, -0.2) is 0 Å². The van der Waals surface area contributed by atoms with Gasteiger partial charge in [0.1, 0.15) is 0 Å². The molecule has 1 unspecified atom stereocenters. The van der Waals surface area contributed by atoms with Crippen LogP contribution in [-0.2, 0) is 0 Å². The van der Waals surface area contributed by atoms with Gasteiger partial charge in [0, 0.05) is 13.0 Å². The van der Waals surface area contributed by atoms with Crippen LogP contribution in [0.1, 0.15) is 126 Å². The van der Waals surface area contributed by atoms with Crippen molar-refractivity contribution in [1.29, 1.82) is 0 Å². The van der Waals surface area contributed by atoms with Crippen LogP contribution in [0.4, 0.5) is 0 Å². The number of aliphatic imine (C=N–C) groups is 1. The molecule has 0 spiro atoms. The highest BCUT2D eigenvalue weighted by molar-refractivity contribution is 5.82. The van der Waals surface area contributed by atoms with E-state index >= 15 is 0 Å². The summed E-state index contributed by atoms with van der Waals surface area (Å²) >= 11 is 0. The Morgan fingerprint density at radius 3 is 1.96 bits per heavy atom. The van der Waals surface area contributed by atoms with Crippen molar-refractivity contribution >= 4 is 5.84 Å². The maximum absolute atomic E-state index is 4.98. The van der Waals surface area contributed by atoms with E-state index in [1.165, 1.54) is 101 Å². The Morgan fingerprint density at radius 2 is 1.32 bits per heavy atom. The largest absolute Gasteiger partial charge is 0.374 e. The fourth-order valence-corrected chi connectivity index (χ4v) is 4.88. The lowest BCUT2D eigenvalue weighted by Crippen LogP contribution is -2.22. The molecule has 0 aromatic heterocycles. The molecule has 1 atom stereocenters. The molecule has 1 saturated heterocycles. The Morgan fingerprint density at radius 1 is 0.750 bits per heavy atom. The van der Waals surface area contributed by atoms with Gasteiger partial charge in [-0.2, -0.15) is 0 Å². The van der Waals surface area contributed by atoms with Gasteiger partial charge in [-0.05, 0) is 49.7 Å². The van der Waals surface area contributed by atoms with E-state index in [4.69, 9.17) is 4.99 Å². The molecular weight excluding hydrogens is 340 g/mol. The summed E-state index contributed by atoms with van der Waals surface area (Å²) in [6.45, 7) is 3.33. The van der Waals surface area contributed by atoms with E-state index in [0.717, 1.165) is 18.9 Å². The molecule has 1 N–H and O–H groups in total. The summed E-state index contributed by atoms with van der Waals surface area (Å²) in [6.07, 6.45) is 20.7. The summed E-state index contributed by atoms with van der Waals surface area (Å²) < 4.78 is 0. The van der Waals surface area contributed by atoms with Crippen molar-refractivity contribution in [2.75, 3.05) is 6.54 Å². The first kappa shape index (κ1) is 21.4. The molecule has 2 aliphatic rings. The summed E-state index contributed by atoms with van der Waals surface area (Å²) in [4.78, 5) is 4.98. The van der Waals surface area contributed by atoms with Gasteiger partial charge in [0.05, 0.1) is 11.9 Å². The van der Waals surface area contributed by atoms with Crippen molar-refractivity contribution in [3.63, 3.8) is 0 Å². The SMILES string of the molecule is CC(N=C1CCCCCN1)c1ccc(C2CCCCCCCCCCC2)cc1. The molecule has 1 aliphatic heterocycles. The fourth-order valence-electron chi connectivity index (χ4n) is 4.88. The highest BCUT2D eigenvalue weighted by Crippen LogP contribution is 2.30. The Kier molecular flexibility index (Phi) is 9.40. The molecule has 3 rings (SSSR count). The third-order valence-corrected chi connectivity index (χ3v) is 6.76. The highest BCUT2D eigenvalue weighted by Gasteiger charge is 2.14. The van der Waals surface area contributed by atoms with Crippen molar-refractivity contribution < 1.29 is 0 Å². The van der Waals surface area contributed by atoms with E-state index in [1.807, 2.05) is 0 Å². The number of nitrogens with one attached hydrogen (secondary N) is 1. The van der Waals surface area contributed by atoms with Gasteiger partial charge in [0.2, 0.25) is 0 Å². The first-order valence-electron chi connectivity index (χ1n) is 12.2. The van der Waals surface area contributed by atoms with Crippen molar-refractivity contribution in [3.8, 4) is 0 Å². The van der Waals surface area contributed by atoms with E-state index in [2.05, 4.69) is 36.5 Å². The minimum Gasteiger partial charge on any atom is -0.374 e. The lowest BCUT2D eigenvalue weighted by Gasteiger charge is -2.19. The van der Waals surface area contributed by atoms with Crippen molar-refractivity contribution in [1.82, 2.24) is 5.32 Å². The van der Waals surface area contributed by atoms with Crippen LogP contribution in [0.3, 0.4) is 0 Å². The van der Waals surface area contributed by atoms with Crippen LogP contribution in [0.5, 0.6) is 0 Å². The zero-order valence-corrected chi connectivity index (χ0v) is 18.2. The molecule has 1 saturated carbocycles. The van der Waals surface area contributed by atoms with Crippen LogP contribution >= 0.6 is 0 Å². The van der Waals surface area contributed by atoms with Crippen LogP contribution < -0.4 is 5.32 Å². The smallest absolute Gasteiger partial charge is 0.0970 e. The second-order valence-corrected chi connectivity index (χ2v) is 9.11. The number of hydrogen-bond acceptors (Lipinski definition) is 1. The predicted octanol–water partition coefficient (Wildman–Crippen LogP) is 7.70. The topological polar surface area (TPSA) is 24.4 Å². The molecule has 1 heterocycles. The normalized spacial score (nSPS) is 23.8. The molecule has 1 aromatic carbocycles. The maximum atomic E-state index is 4.98. The minimum atomic E-state index is 0.256. The lowest BCUT2D eigenvalue weighted by molar-refractivity contribution is 0.467. The summed E-state index contributed by atoms with van der Waals surface area (Å²) in [6, 6.07) is 9.76. The van der Waals surface area contributed by atoms with Gasteiger partial charge < -0.3 is 5.32 Å². The molecular formula is C26H42N2. The Balaban J connectivity index is 1.59. The van der Waals surface area contributed by atoms with Crippen LogP contribution in [0.15, 0.2) is 29.3 Å². The van der Waals surface area contributed by atoms with E-state index in [0.29, 0.717) is 0 Å². The number of amidine groups is 1. The number of hydrogen-bond donors (Lipinski definition) is 1. The molecule has 0 radical (unpaired) electrons. The van der Waals surface area contributed by atoms with Gasteiger partial charge in [0.15, 0.2) is 0 Å². The third-order valence-electron chi connectivity index (χ3n) is 6.76. The quantitative estimate of drug-likeness (QED) is 0.569. The number of rotatable bonds is 3. The molecule has 0 amide bonds. The van der Waals surface area contributed by atoms with Crippen LogP contribution in [0, 0.1) is 0 Å². The first-order valence-corrected chi connectivity index (χ1v) is 12.2. The number of benzene rings is 1. The maximum Gasteiger partial charge on any atom is 0.0970 e. The monoisotopic (exact) mass is 382 g/mol. The molecule has 0 bridgehead atoms. The van der Waals surface area contributed by atoms with E-state index < -0.39 is 0 Å². The molecule has 156 valence electrons. The van der Waals surface area contributed by atoms with Gasteiger partial charge in [-0.15, -0.1) is 0 Å². The standard InChI is InChI=1S/C26H42N2/c1-22(28-26-16-12-9-13-21-27-26)23-17-19-25(20-18-23)24-14-10-7-5-3-2-4-6-8-11-15-24/h17-20,22,24H,2-16,21H2,1H3,(H,27,28). The van der Waals surface area contributed by atoms with E-state index in [9.17, 15) is 0 Å². The van der Waals surface area contributed by atoms with Gasteiger partial charge in [-0.1, -0.05) is 88.5 Å². The molecule has 2 heteroatoms. The minimum absolute atomic E-state index is 0.256. The van der Waals surface area contributed by atoms with Crippen molar-refractivity contribution in [2.24, 2.45) is 4.99 Å². The Hall–Kier alpha value is -1.31. The van der Waals surface area contributed by atoms with Gasteiger partial charge >= 0.3 is 0 Å². The van der Waals surface area contributed by atoms with Crippen molar-refractivity contribution in [2.45, 2.75) is 115 Å². The third kappa shape index (κ3) is 7.26. The summed E-state index contributed by atoms with van der Waals surface area (Å²) in [7, 11) is 0. The van der Waals surface area contributed by atoms with Crippen LogP contribution in [-0.4, -0.2) is 12.4 Å². The highest BCUT2D eigenvalue weighted by atomic mass is 15.0. The van der Waals surface area contributed by atoms with Gasteiger partial charge in [0.25, 0.3) is 0 Å². The average Bonchev–Trinajstić information content (AvgIpc) is 2.97. The average molecular weight is 383 g/mol. The second-order valence-electron chi connectivity index (χ2n) is 9.11. The van der Waals surface area contributed by atoms with Crippen LogP contribution in [0.2, 0.25) is 0 Å². The predicted molar refractivity (Wildman–Crippen MR) is 122 cm³/mol. The second kappa shape index (κ2) is 12.3. The van der Waals surface area contributed by atoms with E-state index in [-0.39, 0.29) is 6.04 Å². The molecule has 1 aliphatic carbocycles. The summed E-state index contributed by atoms with van der Waals surface area (Å²) in [5.74, 6) is 1.98. The van der Waals surface area contributed by atoms with E-state index in [1.54, 1.807) is 5.56 Å². The molecule has 2 nitrogen and oxygen atoms in total. The number of nitrogens with zero attached hydrogens (tertiary/aromatic N) is 1. The lowest BCUT2D eigenvalue weighted by atomic mass is 9.87. The summed E-state index contributed by atoms with van der Waals surface area (Å²) in [5, 5.41) is 3.53.